The highest BCUT2D eigenvalue weighted by atomic mass is 16.5. The van der Waals surface area contributed by atoms with Gasteiger partial charge in [0.25, 0.3) is 0 Å². The Kier molecular flexibility index (Phi) is 4.11. The first kappa shape index (κ1) is 13.6. The Morgan fingerprint density at radius 1 is 1.14 bits per heavy atom. The number of rotatable bonds is 4. The summed E-state index contributed by atoms with van der Waals surface area (Å²) in [6.45, 7) is 3.28. The van der Waals surface area contributed by atoms with Crippen LogP contribution in [0.3, 0.4) is 0 Å². The van der Waals surface area contributed by atoms with Crippen LogP contribution in [-0.4, -0.2) is 48.3 Å². The molecule has 2 aromatic heterocycles. The van der Waals surface area contributed by atoms with E-state index in [-0.39, 0.29) is 0 Å². The lowest BCUT2D eigenvalue weighted by Crippen LogP contribution is -2.36. The molecule has 110 valence electrons. The second-order valence-electron chi connectivity index (χ2n) is 4.64. The first-order chi connectivity index (χ1) is 10.3. The smallest absolute Gasteiger partial charge is 0.229 e. The van der Waals surface area contributed by atoms with Gasteiger partial charge in [-0.25, -0.2) is 9.97 Å². The third-order valence-electron chi connectivity index (χ3n) is 3.25. The lowest BCUT2D eigenvalue weighted by molar-refractivity contribution is 0.122. The third-order valence-corrected chi connectivity index (χ3v) is 3.25. The molecule has 1 fully saturated rings. The van der Waals surface area contributed by atoms with Gasteiger partial charge >= 0.3 is 0 Å². The molecule has 0 aliphatic carbocycles. The van der Waals surface area contributed by atoms with Gasteiger partial charge in [-0.2, -0.15) is 4.98 Å². The van der Waals surface area contributed by atoms with Gasteiger partial charge in [0.05, 0.1) is 25.1 Å². The molecule has 2 aromatic rings. The maximum Gasteiger partial charge on any atom is 0.229 e. The number of nitrogens with one attached hydrogen (secondary N) is 2. The summed E-state index contributed by atoms with van der Waals surface area (Å²) in [6, 6.07) is 5.79. The highest BCUT2D eigenvalue weighted by Gasteiger charge is 2.12. The number of aromatic nitrogens is 3. The Bertz CT molecular complexity index is 582. The van der Waals surface area contributed by atoms with Crippen LogP contribution in [0.15, 0.2) is 30.6 Å². The maximum absolute atomic E-state index is 5.34. The Morgan fingerprint density at radius 2 is 2.00 bits per heavy atom. The topological polar surface area (TPSA) is 75.2 Å². The van der Waals surface area contributed by atoms with E-state index >= 15 is 0 Å². The first-order valence-corrected chi connectivity index (χ1v) is 6.92. The Balaban J connectivity index is 1.68. The fourth-order valence-electron chi connectivity index (χ4n) is 2.13. The van der Waals surface area contributed by atoms with Crippen molar-refractivity contribution in [2.75, 3.05) is 48.9 Å². The Labute approximate surface area is 123 Å². The van der Waals surface area contributed by atoms with Crippen LogP contribution in [0.5, 0.6) is 0 Å². The third kappa shape index (κ3) is 3.38. The van der Waals surface area contributed by atoms with Crippen LogP contribution in [0.25, 0.3) is 0 Å². The van der Waals surface area contributed by atoms with Crippen molar-refractivity contribution in [2.45, 2.75) is 0 Å². The molecular weight excluding hydrogens is 268 g/mol. The van der Waals surface area contributed by atoms with E-state index in [1.165, 1.54) is 0 Å². The van der Waals surface area contributed by atoms with Gasteiger partial charge in [0, 0.05) is 26.3 Å². The summed E-state index contributed by atoms with van der Waals surface area (Å²) in [7, 11) is 1.82. The zero-order chi connectivity index (χ0) is 14.5. The van der Waals surface area contributed by atoms with Crippen molar-refractivity contribution in [1.82, 2.24) is 15.0 Å². The number of ether oxygens (including phenoxy) is 1. The maximum atomic E-state index is 5.34. The molecule has 0 saturated carbocycles. The second kappa shape index (κ2) is 6.36. The highest BCUT2D eigenvalue weighted by molar-refractivity contribution is 5.56. The monoisotopic (exact) mass is 286 g/mol. The molecule has 1 aliphatic rings. The van der Waals surface area contributed by atoms with Crippen molar-refractivity contribution < 1.29 is 4.74 Å². The number of anilines is 4. The van der Waals surface area contributed by atoms with E-state index in [1.54, 1.807) is 12.4 Å². The van der Waals surface area contributed by atoms with Crippen molar-refractivity contribution in [2.24, 2.45) is 0 Å². The number of hydrogen-bond donors (Lipinski definition) is 2. The van der Waals surface area contributed by atoms with Gasteiger partial charge in [0.2, 0.25) is 5.95 Å². The molecule has 7 heteroatoms. The quantitative estimate of drug-likeness (QED) is 0.882. The molecule has 0 radical (unpaired) electrons. The van der Waals surface area contributed by atoms with Crippen LogP contribution in [0.1, 0.15) is 0 Å². The van der Waals surface area contributed by atoms with Crippen molar-refractivity contribution >= 4 is 23.3 Å². The average Bonchev–Trinajstić information content (AvgIpc) is 2.56. The number of morpholine rings is 1. The predicted molar refractivity (Wildman–Crippen MR) is 82.1 cm³/mol. The highest BCUT2D eigenvalue weighted by Crippen LogP contribution is 2.18. The number of nitrogens with zero attached hydrogens (tertiary/aromatic N) is 4. The van der Waals surface area contributed by atoms with Gasteiger partial charge < -0.3 is 20.3 Å². The predicted octanol–water partition coefficient (Wildman–Crippen LogP) is 1.49. The fourth-order valence-corrected chi connectivity index (χ4v) is 2.13. The zero-order valence-electron chi connectivity index (χ0n) is 11.9. The van der Waals surface area contributed by atoms with Gasteiger partial charge in [-0.15, -0.1) is 0 Å². The summed E-state index contributed by atoms with van der Waals surface area (Å²) in [5, 5.41) is 6.12. The molecule has 0 aromatic carbocycles. The van der Waals surface area contributed by atoms with Crippen LogP contribution >= 0.6 is 0 Å². The molecule has 21 heavy (non-hydrogen) atoms. The van der Waals surface area contributed by atoms with Gasteiger partial charge in [0.1, 0.15) is 11.6 Å². The van der Waals surface area contributed by atoms with Gasteiger partial charge in [0.15, 0.2) is 0 Å². The van der Waals surface area contributed by atoms with E-state index in [1.807, 2.05) is 25.2 Å². The lowest BCUT2D eigenvalue weighted by atomic mass is 10.3. The van der Waals surface area contributed by atoms with Crippen molar-refractivity contribution in [1.29, 1.82) is 0 Å². The molecule has 1 aliphatic heterocycles. The summed E-state index contributed by atoms with van der Waals surface area (Å²) in [6.07, 6.45) is 3.50. The van der Waals surface area contributed by atoms with E-state index < -0.39 is 0 Å². The fraction of sp³-hybridized carbons (Fsp3) is 0.357. The lowest BCUT2D eigenvalue weighted by Gasteiger charge is -2.27. The van der Waals surface area contributed by atoms with Crippen LogP contribution in [0.4, 0.5) is 23.3 Å². The summed E-state index contributed by atoms with van der Waals surface area (Å²) in [5.74, 6) is 2.28. The summed E-state index contributed by atoms with van der Waals surface area (Å²) in [5.41, 5.74) is 0.861. The van der Waals surface area contributed by atoms with Crippen LogP contribution in [-0.2, 0) is 4.74 Å². The molecule has 0 bridgehead atoms. The molecule has 7 nitrogen and oxygen atoms in total. The summed E-state index contributed by atoms with van der Waals surface area (Å²) in [4.78, 5) is 15.2. The SMILES string of the molecule is CNc1ccnc(Nc2ccc(N3CCOCC3)nc2)n1. The van der Waals surface area contributed by atoms with Crippen LogP contribution in [0.2, 0.25) is 0 Å². The molecule has 0 spiro atoms. The number of hydrogen-bond acceptors (Lipinski definition) is 7. The minimum Gasteiger partial charge on any atom is -0.378 e. The Morgan fingerprint density at radius 3 is 2.71 bits per heavy atom. The van der Waals surface area contributed by atoms with Crippen molar-refractivity contribution in [3.63, 3.8) is 0 Å². The summed E-state index contributed by atoms with van der Waals surface area (Å²) >= 11 is 0. The standard InChI is InChI=1S/C14H18N6O/c1-15-12-4-5-16-14(19-12)18-11-2-3-13(17-10-11)20-6-8-21-9-7-20/h2-5,10H,6-9H2,1H3,(H2,15,16,18,19). The van der Waals surface area contributed by atoms with E-state index in [0.717, 1.165) is 43.6 Å². The molecule has 2 N–H and O–H groups in total. The van der Waals surface area contributed by atoms with Crippen molar-refractivity contribution in [3.05, 3.63) is 30.6 Å². The van der Waals surface area contributed by atoms with Crippen molar-refractivity contribution in [3.8, 4) is 0 Å². The van der Waals surface area contributed by atoms with E-state index in [4.69, 9.17) is 4.74 Å². The molecule has 3 rings (SSSR count). The minimum atomic E-state index is 0.544. The summed E-state index contributed by atoms with van der Waals surface area (Å²) < 4.78 is 5.34. The Hall–Kier alpha value is -2.41. The minimum absolute atomic E-state index is 0.544. The second-order valence-corrected chi connectivity index (χ2v) is 4.64. The van der Waals surface area contributed by atoms with E-state index in [0.29, 0.717) is 5.95 Å². The van der Waals surface area contributed by atoms with Gasteiger partial charge in [-0.3, -0.25) is 0 Å². The van der Waals surface area contributed by atoms with Crippen LogP contribution in [0, 0.1) is 0 Å². The largest absolute Gasteiger partial charge is 0.378 e. The van der Waals surface area contributed by atoms with Gasteiger partial charge in [-0.05, 0) is 18.2 Å². The molecule has 1 saturated heterocycles. The molecular formula is C14H18N6O. The molecule has 0 atom stereocenters. The molecule has 0 unspecified atom stereocenters. The average molecular weight is 286 g/mol. The van der Waals surface area contributed by atoms with E-state index in [9.17, 15) is 0 Å². The first-order valence-electron chi connectivity index (χ1n) is 6.92. The molecule has 0 amide bonds. The zero-order valence-corrected chi connectivity index (χ0v) is 11.9. The van der Waals surface area contributed by atoms with Crippen LogP contribution < -0.4 is 15.5 Å². The number of pyridine rings is 1. The van der Waals surface area contributed by atoms with Gasteiger partial charge in [-0.1, -0.05) is 0 Å². The van der Waals surface area contributed by atoms with E-state index in [2.05, 4.69) is 30.5 Å². The molecule has 3 heterocycles. The normalized spacial score (nSPS) is 14.8.